The molecule has 0 N–H and O–H groups in total. The zero-order chi connectivity index (χ0) is 23.3. The summed E-state index contributed by atoms with van der Waals surface area (Å²) in [6, 6.07) is 13.3. The second-order valence-electron chi connectivity index (χ2n) is 6.86. The summed E-state index contributed by atoms with van der Waals surface area (Å²) in [5.41, 5.74) is -2.10. The van der Waals surface area contributed by atoms with Crippen LogP contribution in [-0.2, 0) is 26.0 Å². The number of fused-ring (bicyclic) bond motifs is 1. The van der Waals surface area contributed by atoms with E-state index < -0.39 is 42.5 Å². The molecule has 166 valence electrons. The minimum Gasteiger partial charge on any atom is -0.240 e. The highest BCUT2D eigenvalue weighted by Crippen LogP contribution is 2.40. The van der Waals surface area contributed by atoms with E-state index in [4.69, 9.17) is 0 Å². The van der Waals surface area contributed by atoms with Crippen LogP contribution < -0.4 is 0 Å². The van der Waals surface area contributed by atoms with Crippen molar-refractivity contribution in [3.63, 3.8) is 0 Å². The Balaban J connectivity index is 2.08. The second-order valence-corrected chi connectivity index (χ2v) is 10.6. The van der Waals surface area contributed by atoms with Gasteiger partial charge >= 0.3 is 6.18 Å². The Bertz CT molecular complexity index is 1550. The fourth-order valence-electron chi connectivity index (χ4n) is 3.20. The topological polar surface area (TPSA) is 99.0 Å². The molecule has 2 heterocycles. The standard InChI is InChI=1S/C20H14F3N3O4S2/c1-31(27,28)19-24-11-16(20(21,22)23)18(25-19)15-12-26(17-10-6-5-9-14(15)17)32(29,30)13-7-3-2-4-8-13/h2-12H,1H3. The molecule has 0 unspecified atom stereocenters. The lowest BCUT2D eigenvalue weighted by molar-refractivity contribution is -0.137. The van der Waals surface area contributed by atoms with Crippen molar-refractivity contribution in [2.24, 2.45) is 0 Å². The molecule has 0 fully saturated rings. The van der Waals surface area contributed by atoms with Crippen LogP contribution in [0, 0.1) is 0 Å². The number of alkyl halides is 3. The van der Waals surface area contributed by atoms with Crippen molar-refractivity contribution < 1.29 is 30.0 Å². The molecule has 0 saturated heterocycles. The molecule has 0 bridgehead atoms. The molecular weight excluding hydrogens is 467 g/mol. The fraction of sp³-hybridized carbons (Fsp3) is 0.100. The van der Waals surface area contributed by atoms with E-state index in [1.54, 1.807) is 6.07 Å². The van der Waals surface area contributed by atoms with Gasteiger partial charge in [0, 0.05) is 29.6 Å². The van der Waals surface area contributed by atoms with Gasteiger partial charge in [0.2, 0.25) is 15.0 Å². The van der Waals surface area contributed by atoms with Gasteiger partial charge in [-0.3, -0.25) is 0 Å². The normalized spacial score (nSPS) is 12.9. The minimum absolute atomic E-state index is 0.0668. The summed E-state index contributed by atoms with van der Waals surface area (Å²) >= 11 is 0. The molecule has 7 nitrogen and oxygen atoms in total. The van der Waals surface area contributed by atoms with Crippen LogP contribution >= 0.6 is 0 Å². The van der Waals surface area contributed by atoms with Crippen molar-refractivity contribution in [2.45, 2.75) is 16.2 Å². The highest BCUT2D eigenvalue weighted by molar-refractivity contribution is 7.90. The molecule has 0 saturated carbocycles. The first kappa shape index (κ1) is 22.0. The molecule has 32 heavy (non-hydrogen) atoms. The van der Waals surface area contributed by atoms with E-state index in [2.05, 4.69) is 9.97 Å². The van der Waals surface area contributed by atoms with E-state index in [0.29, 0.717) is 6.20 Å². The van der Waals surface area contributed by atoms with Crippen molar-refractivity contribution in [1.29, 1.82) is 0 Å². The summed E-state index contributed by atoms with van der Waals surface area (Å²) in [6.45, 7) is 0. The van der Waals surface area contributed by atoms with Gasteiger partial charge in [0.25, 0.3) is 10.0 Å². The maximum atomic E-state index is 13.7. The molecule has 0 amide bonds. The molecule has 2 aromatic heterocycles. The average molecular weight is 481 g/mol. The molecule has 12 heteroatoms. The van der Waals surface area contributed by atoms with E-state index in [0.717, 1.165) is 16.4 Å². The van der Waals surface area contributed by atoms with Crippen LogP contribution in [0.2, 0.25) is 0 Å². The van der Waals surface area contributed by atoms with Gasteiger partial charge in [-0.1, -0.05) is 36.4 Å². The second kappa shape index (κ2) is 7.41. The van der Waals surface area contributed by atoms with Gasteiger partial charge in [-0.2, -0.15) is 13.2 Å². The number of sulfone groups is 1. The first-order valence-corrected chi connectivity index (χ1v) is 12.3. The third-order valence-electron chi connectivity index (χ3n) is 4.64. The Morgan fingerprint density at radius 2 is 1.53 bits per heavy atom. The zero-order valence-electron chi connectivity index (χ0n) is 16.3. The van der Waals surface area contributed by atoms with Gasteiger partial charge in [-0.15, -0.1) is 0 Å². The number of para-hydroxylation sites is 1. The third kappa shape index (κ3) is 3.75. The number of benzene rings is 2. The summed E-state index contributed by atoms with van der Waals surface area (Å²) in [7, 11) is -8.19. The predicted octanol–water partition coefficient (Wildman–Crippen LogP) is 3.76. The lowest BCUT2D eigenvalue weighted by atomic mass is 10.1. The molecular formula is C20H14F3N3O4S2. The maximum Gasteiger partial charge on any atom is 0.419 e. The molecule has 0 aliphatic heterocycles. The highest BCUT2D eigenvalue weighted by atomic mass is 32.2. The predicted molar refractivity (Wildman–Crippen MR) is 110 cm³/mol. The summed E-state index contributed by atoms with van der Waals surface area (Å²) < 4.78 is 92.2. The monoisotopic (exact) mass is 481 g/mol. The van der Waals surface area contributed by atoms with Gasteiger partial charge in [0.05, 0.1) is 16.1 Å². The van der Waals surface area contributed by atoms with Crippen LogP contribution in [0.1, 0.15) is 5.56 Å². The Hall–Kier alpha value is -3.25. The van der Waals surface area contributed by atoms with Gasteiger partial charge in [-0.25, -0.2) is 30.8 Å². The van der Waals surface area contributed by atoms with Gasteiger partial charge in [0.1, 0.15) is 5.56 Å². The fourth-order valence-corrected chi connectivity index (χ4v) is 5.09. The Morgan fingerprint density at radius 1 is 0.906 bits per heavy atom. The van der Waals surface area contributed by atoms with E-state index in [1.807, 2.05) is 0 Å². The van der Waals surface area contributed by atoms with Crippen molar-refractivity contribution in [2.75, 3.05) is 6.26 Å². The Morgan fingerprint density at radius 3 is 2.16 bits per heavy atom. The molecule has 4 rings (SSSR count). The van der Waals surface area contributed by atoms with Gasteiger partial charge in [0.15, 0.2) is 0 Å². The van der Waals surface area contributed by atoms with E-state index in [-0.39, 0.29) is 21.4 Å². The quantitative estimate of drug-likeness (QED) is 0.412. The summed E-state index contributed by atoms with van der Waals surface area (Å²) in [5.74, 6) is 0. The van der Waals surface area contributed by atoms with Crippen molar-refractivity contribution >= 4 is 30.8 Å². The Labute approximate surface area is 181 Å². The molecule has 4 aromatic rings. The molecule has 2 aromatic carbocycles. The van der Waals surface area contributed by atoms with Crippen LogP contribution in [-0.4, -0.2) is 37.0 Å². The Kier molecular flexibility index (Phi) is 5.09. The SMILES string of the molecule is CS(=O)(=O)c1ncc(C(F)(F)F)c(-c2cn(S(=O)(=O)c3ccccc3)c3ccccc23)n1. The molecule has 0 atom stereocenters. The van der Waals surface area contributed by atoms with Crippen molar-refractivity contribution in [3.05, 3.63) is 72.6 Å². The van der Waals surface area contributed by atoms with E-state index >= 15 is 0 Å². The average Bonchev–Trinajstić information content (AvgIpc) is 3.13. The largest absolute Gasteiger partial charge is 0.419 e. The number of halogens is 3. The molecule has 0 aliphatic rings. The lowest BCUT2D eigenvalue weighted by Crippen LogP contribution is -2.13. The van der Waals surface area contributed by atoms with E-state index in [9.17, 15) is 30.0 Å². The maximum absolute atomic E-state index is 13.7. The lowest BCUT2D eigenvalue weighted by Gasteiger charge is -2.12. The summed E-state index contributed by atoms with van der Waals surface area (Å²) in [5, 5.41) is -0.654. The molecule has 0 aliphatic carbocycles. The summed E-state index contributed by atoms with van der Waals surface area (Å²) in [6.07, 6.45) is -2.75. The smallest absolute Gasteiger partial charge is 0.240 e. The van der Waals surface area contributed by atoms with Crippen molar-refractivity contribution in [3.8, 4) is 11.3 Å². The molecule has 0 spiro atoms. The third-order valence-corrected chi connectivity index (χ3v) is 7.18. The first-order valence-electron chi connectivity index (χ1n) is 8.96. The number of nitrogens with zero attached hydrogens (tertiary/aromatic N) is 3. The van der Waals surface area contributed by atoms with Crippen molar-refractivity contribution in [1.82, 2.24) is 13.9 Å². The van der Waals surface area contributed by atoms with E-state index in [1.165, 1.54) is 48.5 Å². The summed E-state index contributed by atoms with van der Waals surface area (Å²) in [4.78, 5) is 6.95. The minimum atomic E-state index is -4.91. The van der Waals surface area contributed by atoms with Crippen LogP contribution in [0.15, 0.2) is 77.0 Å². The van der Waals surface area contributed by atoms with Crippen LogP contribution in [0.5, 0.6) is 0 Å². The first-order chi connectivity index (χ1) is 14.9. The van der Waals surface area contributed by atoms with Crippen LogP contribution in [0.3, 0.4) is 0 Å². The van der Waals surface area contributed by atoms with Crippen LogP contribution in [0.25, 0.3) is 22.2 Å². The number of hydrogen-bond donors (Lipinski definition) is 0. The highest BCUT2D eigenvalue weighted by Gasteiger charge is 2.37. The molecule has 0 radical (unpaired) electrons. The van der Waals surface area contributed by atoms with Gasteiger partial charge < -0.3 is 0 Å². The van der Waals surface area contributed by atoms with Crippen LogP contribution in [0.4, 0.5) is 13.2 Å². The zero-order valence-corrected chi connectivity index (χ0v) is 17.9. The number of aromatic nitrogens is 3. The van der Waals surface area contributed by atoms with Gasteiger partial charge in [-0.05, 0) is 18.2 Å². The number of hydrogen-bond acceptors (Lipinski definition) is 6. The number of rotatable bonds is 4.